The Morgan fingerprint density at radius 2 is 1.83 bits per heavy atom. The second-order valence-corrected chi connectivity index (χ2v) is 5.59. The highest BCUT2D eigenvalue weighted by Gasteiger charge is 2.21. The molecule has 126 valence electrons. The summed E-state index contributed by atoms with van der Waals surface area (Å²) >= 11 is 6.06. The Kier molecular flexibility index (Phi) is 5.82. The van der Waals surface area contributed by atoms with Gasteiger partial charge in [-0.1, -0.05) is 41.9 Å². The first-order valence-corrected chi connectivity index (χ1v) is 7.80. The number of aromatic hydroxyl groups is 1. The van der Waals surface area contributed by atoms with Crippen LogP contribution in [0.15, 0.2) is 42.5 Å². The molecular weight excluding hydrogens is 330 g/mol. The number of phenols is 1. The van der Waals surface area contributed by atoms with Crippen LogP contribution in [-0.4, -0.2) is 42.1 Å². The topological polar surface area (TPSA) is 66.8 Å². The summed E-state index contributed by atoms with van der Waals surface area (Å²) < 4.78 is 4.82. The van der Waals surface area contributed by atoms with Crippen LogP contribution in [0.2, 0.25) is 5.02 Å². The normalized spacial score (nSPS) is 10.3. The van der Waals surface area contributed by atoms with Gasteiger partial charge < -0.3 is 14.7 Å². The van der Waals surface area contributed by atoms with Gasteiger partial charge in [0, 0.05) is 7.05 Å². The highest BCUT2D eigenvalue weighted by molar-refractivity contribution is 6.33. The summed E-state index contributed by atoms with van der Waals surface area (Å²) in [5.41, 5.74) is 1.60. The molecule has 2 aromatic carbocycles. The number of hydrogen-bond acceptors (Lipinski definition) is 4. The Morgan fingerprint density at radius 3 is 2.46 bits per heavy atom. The fourth-order valence-corrected chi connectivity index (χ4v) is 2.46. The van der Waals surface area contributed by atoms with Gasteiger partial charge in [0.15, 0.2) is 0 Å². The molecule has 2 rings (SSSR count). The summed E-state index contributed by atoms with van der Waals surface area (Å²) in [6, 6.07) is 12.5. The van der Waals surface area contributed by atoms with E-state index >= 15 is 0 Å². The van der Waals surface area contributed by atoms with Gasteiger partial charge in [-0.15, -0.1) is 0 Å². The Balaban J connectivity index is 2.34. The van der Waals surface area contributed by atoms with Crippen LogP contribution >= 0.6 is 11.6 Å². The molecule has 0 bridgehead atoms. The Hall–Kier alpha value is -2.53. The van der Waals surface area contributed by atoms with Crippen molar-refractivity contribution in [3.8, 4) is 16.9 Å². The molecule has 0 aliphatic carbocycles. The SMILES string of the molecule is CCOC(=O)CN(C)C(=O)c1cc(-c2ccccc2)cc(Cl)c1O. The minimum absolute atomic E-state index is 0.0353. The fraction of sp³-hybridized carbons (Fsp3) is 0.222. The zero-order chi connectivity index (χ0) is 17.7. The zero-order valence-corrected chi connectivity index (χ0v) is 14.2. The van der Waals surface area contributed by atoms with Crippen LogP contribution in [0.4, 0.5) is 0 Å². The van der Waals surface area contributed by atoms with Crippen molar-refractivity contribution in [3.05, 3.63) is 53.1 Å². The second kappa shape index (κ2) is 7.84. The smallest absolute Gasteiger partial charge is 0.325 e. The number of halogens is 1. The number of esters is 1. The van der Waals surface area contributed by atoms with Gasteiger partial charge in [0.25, 0.3) is 5.91 Å². The number of nitrogens with zero attached hydrogens (tertiary/aromatic N) is 1. The van der Waals surface area contributed by atoms with Crippen LogP contribution in [0, 0.1) is 0 Å². The molecule has 1 amide bonds. The number of amides is 1. The van der Waals surface area contributed by atoms with E-state index in [-0.39, 0.29) is 29.5 Å². The van der Waals surface area contributed by atoms with Gasteiger partial charge in [0.05, 0.1) is 17.2 Å². The third-order valence-electron chi connectivity index (χ3n) is 3.42. The molecule has 0 fully saturated rings. The van der Waals surface area contributed by atoms with Crippen molar-refractivity contribution in [2.75, 3.05) is 20.2 Å². The number of carbonyl (C=O) groups excluding carboxylic acids is 2. The first kappa shape index (κ1) is 17.8. The van der Waals surface area contributed by atoms with E-state index in [1.165, 1.54) is 11.9 Å². The lowest BCUT2D eigenvalue weighted by Gasteiger charge is -2.18. The number of phenolic OH excluding ortho intramolecular Hbond substituents is 1. The number of hydrogen-bond donors (Lipinski definition) is 1. The highest BCUT2D eigenvalue weighted by atomic mass is 35.5. The number of rotatable bonds is 5. The molecule has 0 unspecified atom stereocenters. The van der Waals surface area contributed by atoms with E-state index in [0.29, 0.717) is 5.56 Å². The molecule has 0 aliphatic rings. The van der Waals surface area contributed by atoms with Gasteiger partial charge in [-0.3, -0.25) is 9.59 Å². The maximum atomic E-state index is 12.5. The quantitative estimate of drug-likeness (QED) is 0.842. The summed E-state index contributed by atoms with van der Waals surface area (Å²) in [6.07, 6.45) is 0. The number of ether oxygens (including phenoxy) is 1. The van der Waals surface area contributed by atoms with Crippen LogP contribution in [0.5, 0.6) is 5.75 Å². The molecule has 2 aromatic rings. The average Bonchev–Trinajstić information content (AvgIpc) is 2.57. The van der Waals surface area contributed by atoms with E-state index < -0.39 is 11.9 Å². The fourth-order valence-electron chi connectivity index (χ4n) is 2.24. The Labute approximate surface area is 145 Å². The molecule has 0 aliphatic heterocycles. The van der Waals surface area contributed by atoms with Crippen molar-refractivity contribution in [2.45, 2.75) is 6.92 Å². The molecule has 0 radical (unpaired) electrons. The number of benzene rings is 2. The lowest BCUT2D eigenvalue weighted by Crippen LogP contribution is -2.33. The Bertz CT molecular complexity index is 746. The minimum atomic E-state index is -0.516. The summed E-state index contributed by atoms with van der Waals surface area (Å²) in [6.45, 7) is 1.72. The second-order valence-electron chi connectivity index (χ2n) is 5.19. The molecule has 5 nitrogen and oxygen atoms in total. The van der Waals surface area contributed by atoms with E-state index in [4.69, 9.17) is 16.3 Å². The monoisotopic (exact) mass is 347 g/mol. The van der Waals surface area contributed by atoms with Gasteiger partial charge >= 0.3 is 5.97 Å². The van der Waals surface area contributed by atoms with Gasteiger partial charge in [0.2, 0.25) is 0 Å². The van der Waals surface area contributed by atoms with E-state index in [1.54, 1.807) is 19.1 Å². The maximum absolute atomic E-state index is 12.5. The summed E-state index contributed by atoms with van der Waals surface area (Å²) in [7, 11) is 1.46. The lowest BCUT2D eigenvalue weighted by atomic mass is 10.0. The van der Waals surface area contributed by atoms with Gasteiger partial charge in [-0.05, 0) is 30.2 Å². The minimum Gasteiger partial charge on any atom is -0.506 e. The van der Waals surface area contributed by atoms with Crippen LogP contribution in [-0.2, 0) is 9.53 Å². The van der Waals surface area contributed by atoms with Crippen molar-refractivity contribution in [3.63, 3.8) is 0 Å². The molecule has 0 saturated heterocycles. The van der Waals surface area contributed by atoms with Gasteiger partial charge in [0.1, 0.15) is 12.3 Å². The van der Waals surface area contributed by atoms with Crippen molar-refractivity contribution >= 4 is 23.5 Å². The zero-order valence-electron chi connectivity index (χ0n) is 13.5. The third-order valence-corrected chi connectivity index (χ3v) is 3.71. The Morgan fingerprint density at radius 1 is 1.17 bits per heavy atom. The third kappa shape index (κ3) is 4.06. The number of carbonyl (C=O) groups is 2. The van der Waals surface area contributed by atoms with Crippen LogP contribution in [0.1, 0.15) is 17.3 Å². The van der Waals surface area contributed by atoms with E-state index in [2.05, 4.69) is 0 Å². The molecule has 6 heteroatoms. The van der Waals surface area contributed by atoms with Crippen LogP contribution in [0.3, 0.4) is 0 Å². The van der Waals surface area contributed by atoms with Crippen molar-refractivity contribution < 1.29 is 19.4 Å². The van der Waals surface area contributed by atoms with Crippen molar-refractivity contribution in [1.82, 2.24) is 4.90 Å². The molecule has 0 atom stereocenters. The molecule has 1 N–H and O–H groups in total. The predicted octanol–water partition coefficient (Wildman–Crippen LogP) is 3.35. The van der Waals surface area contributed by atoms with Crippen molar-refractivity contribution in [1.29, 1.82) is 0 Å². The van der Waals surface area contributed by atoms with E-state index in [1.807, 2.05) is 30.3 Å². The van der Waals surface area contributed by atoms with Gasteiger partial charge in [-0.25, -0.2) is 0 Å². The summed E-state index contributed by atoms with van der Waals surface area (Å²) in [5.74, 6) is -1.34. The molecule has 0 saturated carbocycles. The molecule has 0 aromatic heterocycles. The van der Waals surface area contributed by atoms with Crippen LogP contribution in [0.25, 0.3) is 11.1 Å². The first-order valence-electron chi connectivity index (χ1n) is 7.43. The maximum Gasteiger partial charge on any atom is 0.325 e. The lowest BCUT2D eigenvalue weighted by molar-refractivity contribution is -0.143. The first-order chi connectivity index (χ1) is 11.4. The number of likely N-dealkylation sites (N-methyl/N-ethyl adjacent to an activating group) is 1. The molecule has 0 heterocycles. The molecular formula is C18H18ClNO4. The largest absolute Gasteiger partial charge is 0.506 e. The van der Waals surface area contributed by atoms with Crippen LogP contribution < -0.4 is 0 Å². The van der Waals surface area contributed by atoms with Crippen molar-refractivity contribution in [2.24, 2.45) is 0 Å². The van der Waals surface area contributed by atoms with Gasteiger partial charge in [-0.2, -0.15) is 0 Å². The standard InChI is InChI=1S/C18H18ClNO4/c1-3-24-16(21)11-20(2)18(23)14-9-13(10-15(19)17(14)22)12-7-5-4-6-8-12/h4-10,22H,3,11H2,1-2H3. The molecule has 0 spiro atoms. The summed E-state index contributed by atoms with van der Waals surface area (Å²) in [5, 5.41) is 10.2. The summed E-state index contributed by atoms with van der Waals surface area (Å²) in [4.78, 5) is 25.2. The van der Waals surface area contributed by atoms with E-state index in [0.717, 1.165) is 5.56 Å². The molecule has 24 heavy (non-hydrogen) atoms. The average molecular weight is 348 g/mol. The predicted molar refractivity (Wildman–Crippen MR) is 92.1 cm³/mol. The highest BCUT2D eigenvalue weighted by Crippen LogP contribution is 2.34. The van der Waals surface area contributed by atoms with E-state index in [9.17, 15) is 14.7 Å².